The highest BCUT2D eigenvalue weighted by atomic mass is 32.2. The van der Waals surface area contributed by atoms with E-state index < -0.39 is 0 Å². The summed E-state index contributed by atoms with van der Waals surface area (Å²) in [5, 5.41) is 0. The molecule has 0 aromatic rings. The Balaban J connectivity index is 5.68. The first-order valence-corrected chi connectivity index (χ1v) is 8.33. The zero-order valence-corrected chi connectivity index (χ0v) is 14.2. The van der Waals surface area contributed by atoms with E-state index in [4.69, 9.17) is 0 Å². The van der Waals surface area contributed by atoms with E-state index >= 15 is 0 Å². The molecule has 0 bridgehead atoms. The van der Waals surface area contributed by atoms with Crippen molar-refractivity contribution < 1.29 is 0 Å². The standard InChI is InChI=1S/C19H28S/c1-7-11-13-16(5)17(6)19(14-12-8-2)18(9-3)15-20-10-4/h7-8,11-14H,1-2,9-10,15H2,3-6H3/b13-11-,14-12-,17-16+,19-18-. The topological polar surface area (TPSA) is 0 Å². The number of hydrogen-bond acceptors (Lipinski definition) is 1. The van der Waals surface area contributed by atoms with Crippen molar-refractivity contribution in [1.29, 1.82) is 0 Å². The lowest BCUT2D eigenvalue weighted by atomic mass is 9.95. The fraction of sp³-hybridized carbons (Fsp3) is 0.368. The number of thioether (sulfide) groups is 1. The summed E-state index contributed by atoms with van der Waals surface area (Å²) in [7, 11) is 0. The molecule has 0 rings (SSSR count). The second kappa shape index (κ2) is 11.6. The van der Waals surface area contributed by atoms with Gasteiger partial charge in [-0.3, -0.25) is 0 Å². The Morgan fingerprint density at radius 2 is 1.60 bits per heavy atom. The van der Waals surface area contributed by atoms with Crippen LogP contribution in [0.25, 0.3) is 0 Å². The van der Waals surface area contributed by atoms with Gasteiger partial charge in [0, 0.05) is 5.75 Å². The number of allylic oxidation sites excluding steroid dienone is 9. The van der Waals surface area contributed by atoms with Crippen molar-refractivity contribution in [3.63, 3.8) is 0 Å². The van der Waals surface area contributed by atoms with Gasteiger partial charge in [-0.25, -0.2) is 0 Å². The molecule has 0 aromatic carbocycles. The summed E-state index contributed by atoms with van der Waals surface area (Å²) >= 11 is 1.98. The van der Waals surface area contributed by atoms with E-state index in [1.54, 1.807) is 0 Å². The quantitative estimate of drug-likeness (QED) is 0.451. The van der Waals surface area contributed by atoms with Crippen molar-refractivity contribution in [2.75, 3.05) is 11.5 Å². The van der Waals surface area contributed by atoms with Crippen LogP contribution in [0.4, 0.5) is 0 Å². The van der Waals surface area contributed by atoms with Crippen LogP contribution in [0.1, 0.15) is 34.1 Å². The first kappa shape index (κ1) is 18.8. The van der Waals surface area contributed by atoms with E-state index in [2.05, 4.69) is 53.0 Å². The zero-order chi connectivity index (χ0) is 15.4. The van der Waals surface area contributed by atoms with Gasteiger partial charge in [-0.05, 0) is 42.7 Å². The van der Waals surface area contributed by atoms with E-state index in [0.717, 1.165) is 17.9 Å². The summed E-state index contributed by atoms with van der Waals surface area (Å²) in [6.07, 6.45) is 13.0. The predicted molar refractivity (Wildman–Crippen MR) is 97.4 cm³/mol. The fourth-order valence-corrected chi connectivity index (χ4v) is 2.63. The van der Waals surface area contributed by atoms with Crippen LogP contribution in [-0.4, -0.2) is 11.5 Å². The molecule has 0 amide bonds. The minimum absolute atomic E-state index is 1.08. The summed E-state index contributed by atoms with van der Waals surface area (Å²) in [5.41, 5.74) is 5.45. The number of hydrogen-bond donors (Lipinski definition) is 0. The molecule has 0 saturated heterocycles. The molecule has 0 aromatic heterocycles. The molecule has 20 heavy (non-hydrogen) atoms. The van der Waals surface area contributed by atoms with E-state index in [1.807, 2.05) is 36.1 Å². The third-order valence-electron chi connectivity index (χ3n) is 3.16. The molecule has 0 aliphatic heterocycles. The molecule has 110 valence electrons. The maximum absolute atomic E-state index is 3.78. The highest BCUT2D eigenvalue weighted by molar-refractivity contribution is 7.99. The lowest BCUT2D eigenvalue weighted by Gasteiger charge is -2.13. The fourth-order valence-electron chi connectivity index (χ4n) is 1.82. The lowest BCUT2D eigenvalue weighted by molar-refractivity contribution is 1.07. The van der Waals surface area contributed by atoms with Gasteiger partial charge in [-0.15, -0.1) is 0 Å². The minimum Gasteiger partial charge on any atom is -0.158 e. The summed E-state index contributed by atoms with van der Waals surface area (Å²) in [6.45, 7) is 16.3. The first-order chi connectivity index (χ1) is 9.62. The van der Waals surface area contributed by atoms with Crippen LogP contribution in [0.5, 0.6) is 0 Å². The molecule has 0 atom stereocenters. The van der Waals surface area contributed by atoms with Crippen LogP contribution in [0.15, 0.2) is 71.9 Å². The summed E-state index contributed by atoms with van der Waals surface area (Å²) in [4.78, 5) is 0. The Kier molecular flexibility index (Phi) is 10.9. The summed E-state index contributed by atoms with van der Waals surface area (Å²) in [5.74, 6) is 2.25. The van der Waals surface area contributed by atoms with E-state index in [9.17, 15) is 0 Å². The first-order valence-electron chi connectivity index (χ1n) is 7.18. The van der Waals surface area contributed by atoms with Gasteiger partial charge < -0.3 is 0 Å². The van der Waals surface area contributed by atoms with Gasteiger partial charge in [0.05, 0.1) is 0 Å². The van der Waals surface area contributed by atoms with E-state index in [-0.39, 0.29) is 0 Å². The van der Waals surface area contributed by atoms with Crippen LogP contribution in [0.2, 0.25) is 0 Å². The highest BCUT2D eigenvalue weighted by Gasteiger charge is 2.06. The van der Waals surface area contributed by atoms with Crippen molar-refractivity contribution in [1.82, 2.24) is 0 Å². The van der Waals surface area contributed by atoms with Crippen LogP contribution in [-0.2, 0) is 0 Å². The number of rotatable bonds is 9. The van der Waals surface area contributed by atoms with Gasteiger partial charge in [0.2, 0.25) is 0 Å². The van der Waals surface area contributed by atoms with Crippen molar-refractivity contribution in [2.24, 2.45) is 0 Å². The zero-order valence-electron chi connectivity index (χ0n) is 13.4. The Bertz CT molecular complexity index is 431. The van der Waals surface area contributed by atoms with Gasteiger partial charge in [-0.1, -0.05) is 69.0 Å². The molecule has 0 nitrogen and oxygen atoms in total. The second-order valence-corrected chi connectivity index (χ2v) is 5.78. The molecule has 0 saturated carbocycles. The van der Waals surface area contributed by atoms with E-state index in [1.165, 1.54) is 22.3 Å². The molecular formula is C19H28S. The maximum Gasteiger partial charge on any atom is 0.0152 e. The van der Waals surface area contributed by atoms with Gasteiger partial charge in [-0.2, -0.15) is 11.8 Å². The van der Waals surface area contributed by atoms with Gasteiger partial charge in [0.1, 0.15) is 0 Å². The van der Waals surface area contributed by atoms with Crippen molar-refractivity contribution in [2.45, 2.75) is 34.1 Å². The lowest BCUT2D eigenvalue weighted by Crippen LogP contribution is -1.96. The average Bonchev–Trinajstić information content (AvgIpc) is 2.47. The van der Waals surface area contributed by atoms with Crippen LogP contribution in [0, 0.1) is 0 Å². The van der Waals surface area contributed by atoms with Crippen LogP contribution < -0.4 is 0 Å². The third kappa shape index (κ3) is 6.81. The Morgan fingerprint density at radius 1 is 1.00 bits per heavy atom. The molecule has 0 radical (unpaired) electrons. The van der Waals surface area contributed by atoms with Crippen molar-refractivity contribution in [3.8, 4) is 0 Å². The average molecular weight is 288 g/mol. The maximum atomic E-state index is 3.78. The SMILES string of the molecule is C=C\C=C/C(=C(\CC)CSCC)C(/C)=C(C)/C=C\C=C. The molecular weight excluding hydrogens is 260 g/mol. The molecule has 0 N–H and O–H groups in total. The van der Waals surface area contributed by atoms with Crippen molar-refractivity contribution in [3.05, 3.63) is 71.9 Å². The highest BCUT2D eigenvalue weighted by Crippen LogP contribution is 2.25. The Morgan fingerprint density at radius 3 is 2.10 bits per heavy atom. The summed E-state index contributed by atoms with van der Waals surface area (Å²) < 4.78 is 0. The molecule has 0 aliphatic rings. The smallest absolute Gasteiger partial charge is 0.0152 e. The molecule has 0 aliphatic carbocycles. The third-order valence-corrected chi connectivity index (χ3v) is 4.13. The van der Waals surface area contributed by atoms with Crippen LogP contribution in [0.3, 0.4) is 0 Å². The molecule has 0 unspecified atom stereocenters. The minimum atomic E-state index is 1.08. The molecule has 0 spiro atoms. The van der Waals surface area contributed by atoms with Crippen LogP contribution >= 0.6 is 11.8 Å². The largest absolute Gasteiger partial charge is 0.158 e. The second-order valence-electron chi connectivity index (χ2n) is 4.51. The monoisotopic (exact) mass is 288 g/mol. The van der Waals surface area contributed by atoms with Gasteiger partial charge in [0.15, 0.2) is 0 Å². The Labute approximate surface area is 129 Å². The molecule has 0 heterocycles. The van der Waals surface area contributed by atoms with Gasteiger partial charge >= 0.3 is 0 Å². The molecule has 0 fully saturated rings. The molecule has 1 heteroatoms. The van der Waals surface area contributed by atoms with Gasteiger partial charge in [0.25, 0.3) is 0 Å². The normalized spacial score (nSPS) is 14.4. The van der Waals surface area contributed by atoms with Crippen molar-refractivity contribution >= 4 is 11.8 Å². The summed E-state index contributed by atoms with van der Waals surface area (Å²) in [6, 6.07) is 0. The predicted octanol–water partition coefficient (Wildman–Crippen LogP) is 6.27. The Hall–Kier alpha value is -1.21. The van der Waals surface area contributed by atoms with E-state index in [0.29, 0.717) is 0 Å².